The number of amides is 1. The molecular formula is C19H23NO3. The molecule has 0 radical (unpaired) electrons. The maximum atomic E-state index is 12.3. The molecule has 4 nitrogen and oxygen atoms in total. The third-order valence-electron chi connectivity index (χ3n) is 3.61. The molecule has 2 rings (SSSR count). The van der Waals surface area contributed by atoms with Gasteiger partial charge in [-0.05, 0) is 63.1 Å². The molecule has 23 heavy (non-hydrogen) atoms. The largest absolute Gasteiger partial charge is 0.492 e. The molecule has 1 N–H and O–H groups in total. The van der Waals surface area contributed by atoms with Crippen LogP contribution in [0, 0.1) is 13.8 Å². The second kappa shape index (κ2) is 7.68. The fourth-order valence-corrected chi connectivity index (χ4v) is 2.13. The van der Waals surface area contributed by atoms with Crippen molar-refractivity contribution in [2.45, 2.75) is 33.8 Å². The molecule has 1 amide bonds. The summed E-state index contributed by atoms with van der Waals surface area (Å²) in [4.78, 5) is 12.3. The zero-order valence-electron chi connectivity index (χ0n) is 14.1. The summed E-state index contributed by atoms with van der Waals surface area (Å²) in [5, 5.41) is 2.85. The Hall–Kier alpha value is -2.49. The molecular weight excluding hydrogens is 290 g/mol. The molecule has 1 unspecified atom stereocenters. The van der Waals surface area contributed by atoms with Gasteiger partial charge in [-0.1, -0.05) is 18.2 Å². The van der Waals surface area contributed by atoms with E-state index in [0.29, 0.717) is 23.8 Å². The maximum absolute atomic E-state index is 12.3. The zero-order valence-corrected chi connectivity index (χ0v) is 14.1. The van der Waals surface area contributed by atoms with Gasteiger partial charge < -0.3 is 14.8 Å². The topological polar surface area (TPSA) is 47.6 Å². The molecule has 0 spiro atoms. The van der Waals surface area contributed by atoms with Crippen molar-refractivity contribution in [1.29, 1.82) is 0 Å². The first-order valence-corrected chi connectivity index (χ1v) is 7.78. The van der Waals surface area contributed by atoms with Gasteiger partial charge in [-0.15, -0.1) is 0 Å². The van der Waals surface area contributed by atoms with Crippen LogP contribution in [0.1, 0.15) is 25.0 Å². The Morgan fingerprint density at radius 1 is 1.13 bits per heavy atom. The van der Waals surface area contributed by atoms with E-state index >= 15 is 0 Å². The number of carbonyl (C=O) groups excluding carboxylic acids is 1. The average molecular weight is 313 g/mol. The van der Waals surface area contributed by atoms with Crippen LogP contribution in [0.25, 0.3) is 0 Å². The van der Waals surface area contributed by atoms with Gasteiger partial charge in [0.1, 0.15) is 11.5 Å². The van der Waals surface area contributed by atoms with Gasteiger partial charge in [0.2, 0.25) is 0 Å². The number of anilines is 1. The summed E-state index contributed by atoms with van der Waals surface area (Å²) in [6, 6.07) is 13.2. The van der Waals surface area contributed by atoms with Crippen LogP contribution < -0.4 is 14.8 Å². The summed E-state index contributed by atoms with van der Waals surface area (Å²) in [5.41, 5.74) is 2.98. The minimum Gasteiger partial charge on any atom is -0.492 e. The number of para-hydroxylation sites is 2. The van der Waals surface area contributed by atoms with Crippen molar-refractivity contribution in [2.24, 2.45) is 0 Å². The van der Waals surface area contributed by atoms with Crippen molar-refractivity contribution in [2.75, 3.05) is 11.9 Å². The average Bonchev–Trinajstić information content (AvgIpc) is 2.53. The Balaban J connectivity index is 2.04. The monoisotopic (exact) mass is 313 g/mol. The first kappa shape index (κ1) is 16.9. The van der Waals surface area contributed by atoms with Gasteiger partial charge in [0.05, 0.1) is 12.3 Å². The molecule has 0 aliphatic carbocycles. The molecule has 0 aliphatic rings. The van der Waals surface area contributed by atoms with Crippen molar-refractivity contribution in [3.05, 3.63) is 53.6 Å². The zero-order chi connectivity index (χ0) is 16.8. The van der Waals surface area contributed by atoms with E-state index in [1.807, 2.05) is 63.2 Å². The van der Waals surface area contributed by atoms with Gasteiger partial charge in [-0.2, -0.15) is 0 Å². The highest BCUT2D eigenvalue weighted by Crippen LogP contribution is 2.24. The molecule has 4 heteroatoms. The van der Waals surface area contributed by atoms with Crippen LogP contribution in [0.15, 0.2) is 42.5 Å². The predicted molar refractivity (Wildman–Crippen MR) is 92.2 cm³/mol. The smallest absolute Gasteiger partial charge is 0.265 e. The molecule has 0 saturated carbocycles. The van der Waals surface area contributed by atoms with Crippen LogP contribution in [0.3, 0.4) is 0 Å². The Labute approximate surface area is 137 Å². The van der Waals surface area contributed by atoms with E-state index in [-0.39, 0.29) is 5.91 Å². The summed E-state index contributed by atoms with van der Waals surface area (Å²) >= 11 is 0. The van der Waals surface area contributed by atoms with E-state index in [4.69, 9.17) is 9.47 Å². The third kappa shape index (κ3) is 4.49. The minimum absolute atomic E-state index is 0.213. The molecule has 0 fully saturated rings. The second-order valence-electron chi connectivity index (χ2n) is 5.42. The Morgan fingerprint density at radius 2 is 1.87 bits per heavy atom. The highest BCUT2D eigenvalue weighted by atomic mass is 16.5. The summed E-state index contributed by atoms with van der Waals surface area (Å²) in [6.45, 7) is 8.24. The van der Waals surface area contributed by atoms with E-state index in [1.165, 1.54) is 5.56 Å². The molecule has 2 aromatic rings. The number of nitrogens with one attached hydrogen (secondary N) is 1. The lowest BCUT2D eigenvalue weighted by Crippen LogP contribution is -2.30. The van der Waals surface area contributed by atoms with Gasteiger partial charge >= 0.3 is 0 Å². The van der Waals surface area contributed by atoms with Crippen LogP contribution >= 0.6 is 0 Å². The van der Waals surface area contributed by atoms with Crippen LogP contribution in [-0.2, 0) is 4.79 Å². The molecule has 2 aromatic carbocycles. The fraction of sp³-hybridized carbons (Fsp3) is 0.316. The number of benzene rings is 2. The van der Waals surface area contributed by atoms with Crippen LogP contribution in [0.4, 0.5) is 5.69 Å². The summed E-state index contributed by atoms with van der Waals surface area (Å²) in [5.74, 6) is 1.13. The van der Waals surface area contributed by atoms with Crippen LogP contribution in [-0.4, -0.2) is 18.6 Å². The molecule has 0 aromatic heterocycles. The predicted octanol–water partition coefficient (Wildman–Crippen LogP) is 4.11. The molecule has 0 bridgehead atoms. The second-order valence-corrected chi connectivity index (χ2v) is 5.42. The quantitative estimate of drug-likeness (QED) is 0.873. The van der Waals surface area contributed by atoms with Crippen molar-refractivity contribution in [3.8, 4) is 11.5 Å². The third-order valence-corrected chi connectivity index (χ3v) is 3.61. The van der Waals surface area contributed by atoms with Crippen molar-refractivity contribution in [1.82, 2.24) is 0 Å². The number of ether oxygens (including phenoxy) is 2. The summed E-state index contributed by atoms with van der Waals surface area (Å²) in [7, 11) is 0. The number of aryl methyl sites for hydroxylation is 2. The lowest BCUT2D eigenvalue weighted by molar-refractivity contribution is -0.122. The molecule has 0 saturated heterocycles. The fourth-order valence-electron chi connectivity index (χ4n) is 2.13. The van der Waals surface area contributed by atoms with Gasteiger partial charge in [-0.25, -0.2) is 0 Å². The van der Waals surface area contributed by atoms with Crippen molar-refractivity contribution in [3.63, 3.8) is 0 Å². The van der Waals surface area contributed by atoms with Gasteiger partial charge in [0.25, 0.3) is 5.91 Å². The first-order valence-electron chi connectivity index (χ1n) is 7.78. The summed E-state index contributed by atoms with van der Waals surface area (Å²) in [6.07, 6.45) is -0.605. The number of hydrogen-bond donors (Lipinski definition) is 1. The number of carbonyl (C=O) groups is 1. The van der Waals surface area contributed by atoms with Crippen molar-refractivity contribution < 1.29 is 14.3 Å². The number of rotatable bonds is 6. The Kier molecular flexibility index (Phi) is 5.63. The lowest BCUT2D eigenvalue weighted by atomic mass is 10.1. The van der Waals surface area contributed by atoms with Crippen LogP contribution in [0.2, 0.25) is 0 Å². The van der Waals surface area contributed by atoms with Crippen molar-refractivity contribution >= 4 is 11.6 Å². The van der Waals surface area contributed by atoms with Gasteiger partial charge in [-0.3, -0.25) is 4.79 Å². The van der Waals surface area contributed by atoms with E-state index in [2.05, 4.69) is 5.32 Å². The van der Waals surface area contributed by atoms with Gasteiger partial charge in [0.15, 0.2) is 6.10 Å². The van der Waals surface area contributed by atoms with E-state index < -0.39 is 6.10 Å². The molecule has 1 atom stereocenters. The lowest BCUT2D eigenvalue weighted by Gasteiger charge is -2.17. The van der Waals surface area contributed by atoms with Gasteiger partial charge in [0, 0.05) is 0 Å². The summed E-state index contributed by atoms with van der Waals surface area (Å²) < 4.78 is 11.2. The minimum atomic E-state index is -0.605. The standard InChI is InChI=1S/C19H23NO3/c1-5-22-18-9-7-6-8-17(18)20-19(21)15(4)23-16-11-10-13(2)14(3)12-16/h6-12,15H,5H2,1-4H3,(H,20,21). The van der Waals surface area contributed by atoms with E-state index in [1.54, 1.807) is 6.92 Å². The molecule has 122 valence electrons. The normalized spacial score (nSPS) is 11.7. The highest BCUT2D eigenvalue weighted by molar-refractivity contribution is 5.95. The Bertz CT molecular complexity index is 682. The van der Waals surface area contributed by atoms with Crippen LogP contribution in [0.5, 0.6) is 11.5 Å². The van der Waals surface area contributed by atoms with E-state index in [0.717, 1.165) is 5.56 Å². The number of hydrogen-bond acceptors (Lipinski definition) is 3. The molecule has 0 aliphatic heterocycles. The molecule has 0 heterocycles. The first-order chi connectivity index (χ1) is 11.0. The Morgan fingerprint density at radius 3 is 2.57 bits per heavy atom. The van der Waals surface area contributed by atoms with E-state index in [9.17, 15) is 4.79 Å². The highest BCUT2D eigenvalue weighted by Gasteiger charge is 2.16. The SMILES string of the molecule is CCOc1ccccc1NC(=O)C(C)Oc1ccc(C)c(C)c1. The maximum Gasteiger partial charge on any atom is 0.265 e.